The summed E-state index contributed by atoms with van der Waals surface area (Å²) in [5.41, 5.74) is 0. The summed E-state index contributed by atoms with van der Waals surface area (Å²) in [5, 5.41) is 0. The van der Waals surface area contributed by atoms with Crippen molar-refractivity contribution in [3.05, 3.63) is 43.1 Å². The van der Waals surface area contributed by atoms with E-state index in [0.717, 1.165) is 0 Å². The van der Waals surface area contributed by atoms with E-state index in [2.05, 4.69) is 0 Å². The van der Waals surface area contributed by atoms with Crippen LogP contribution in [-0.2, 0) is 168 Å². The maximum absolute atomic E-state index is 0. The van der Waals surface area contributed by atoms with Crippen molar-refractivity contribution < 1.29 is 168 Å². The molecule has 0 aliphatic rings. The van der Waals surface area contributed by atoms with E-state index >= 15 is 0 Å². The zero-order valence-corrected chi connectivity index (χ0v) is 35.1. The Morgan fingerprint density at radius 2 is 0.172 bits per heavy atom. The van der Waals surface area contributed by atoms with E-state index in [4.69, 9.17) is 0 Å². The van der Waals surface area contributed by atoms with Crippen LogP contribution >= 0.6 is 0 Å². The molecular weight excluding hydrogens is 1380 g/mol. The Morgan fingerprint density at radius 1 is 0.172 bits per heavy atom. The van der Waals surface area contributed by atoms with Crippen molar-refractivity contribution in [2.45, 2.75) is 0 Å². The van der Waals surface area contributed by atoms with E-state index in [1.165, 1.54) is 0 Å². The quantitative estimate of drug-likeness (QED) is 0.204. The summed E-state index contributed by atoms with van der Waals surface area (Å²) < 4.78 is 0. The van der Waals surface area contributed by atoms with Crippen molar-refractivity contribution in [2.24, 2.45) is 0 Å². The van der Waals surface area contributed by atoms with Crippen LogP contribution in [0, 0.1) is 0 Å². The van der Waals surface area contributed by atoms with Crippen LogP contribution in [0.15, 0.2) is 0 Å². The van der Waals surface area contributed by atoms with E-state index in [-0.39, 0.29) is 352 Å². The summed E-state index contributed by atoms with van der Waals surface area (Å²) in [6.45, 7) is 0. The molecule has 0 atom stereocenters. The number of hydrogen-bond donors (Lipinski definition) is 0. The Labute approximate surface area is 345 Å². The Balaban J connectivity index is 0. The second kappa shape index (κ2) is 746. The Morgan fingerprint density at radius 3 is 0.172 bits per heavy atom. The van der Waals surface area contributed by atoms with Crippen molar-refractivity contribution in [1.82, 2.24) is 0 Å². The van der Waals surface area contributed by atoms with Crippen molar-refractivity contribution in [1.29, 1.82) is 0 Å². The first kappa shape index (κ1) is 812. The third-order valence-electron chi connectivity index (χ3n) is 0. The number of hydrogen-bond acceptors (Lipinski definition) is 0. The first-order chi connectivity index (χ1) is 0. The minimum absolute atomic E-state index is 0. The molecule has 14 nitrogen and oxygen atoms in total. The molecule has 0 rings (SSSR count). The second-order valence-corrected chi connectivity index (χ2v) is 0. The zero-order chi connectivity index (χ0) is 0. The molecule has 0 bridgehead atoms. The number of rotatable bonds is 0. The fourth-order valence-electron chi connectivity index (χ4n) is 0. The molecular formula is H20Al5Hf5N7O7Si5. The van der Waals surface area contributed by atoms with E-state index in [1.807, 2.05) is 0 Å². The summed E-state index contributed by atoms with van der Waals surface area (Å²) in [5.74, 6) is 0. The van der Waals surface area contributed by atoms with Crippen LogP contribution in [0.2, 0.25) is 0 Å². The molecule has 0 saturated heterocycles. The van der Waals surface area contributed by atoms with E-state index in [9.17, 15) is 0 Å². The smallest absolute Gasteiger partial charge is 3.00 e. The fourth-order valence-corrected chi connectivity index (χ4v) is 0. The molecule has 0 N–H and O–H groups in total. The molecule has 0 aromatic rings. The molecule has 0 aromatic carbocycles. The van der Waals surface area contributed by atoms with E-state index < -0.39 is 0 Å². The summed E-state index contributed by atoms with van der Waals surface area (Å²) in [4.78, 5) is 0. The van der Waals surface area contributed by atoms with Gasteiger partial charge in [-0.05, 0) is 54.8 Å². The van der Waals surface area contributed by atoms with Crippen molar-refractivity contribution in [2.75, 3.05) is 0 Å². The maximum atomic E-state index is 0. The monoisotopic (exact) mass is 1400 g/mol. The summed E-state index contributed by atoms with van der Waals surface area (Å²) >= 11 is 0. The molecule has 0 aromatic heterocycles. The van der Waals surface area contributed by atoms with E-state index in [1.54, 1.807) is 0 Å². The topological polar surface area (TPSA) is 413 Å². The molecule has 0 spiro atoms. The minimum atomic E-state index is 0. The van der Waals surface area contributed by atoms with Gasteiger partial charge in [0, 0.05) is 0 Å². The van der Waals surface area contributed by atoms with Crippen LogP contribution in [0.1, 0.15) is 0 Å². The van der Waals surface area contributed by atoms with Gasteiger partial charge in [-0.1, -0.05) is 0 Å². The Hall–Kier alpha value is 7.54. The van der Waals surface area contributed by atoms with Gasteiger partial charge in [0.2, 0.25) is 0 Å². The van der Waals surface area contributed by atoms with Gasteiger partial charge in [-0.2, -0.15) is 0 Å². The first-order valence-corrected chi connectivity index (χ1v) is 0. The predicted octanol–water partition coefficient (Wildman–Crippen LogP) is -7.99. The average Bonchev–Trinajstić information content (AvgIpc) is 0. The molecule has 0 unspecified atom stereocenters. The van der Waals surface area contributed by atoms with Gasteiger partial charge in [0.15, 0.2) is 0 Å². The summed E-state index contributed by atoms with van der Waals surface area (Å²) in [6, 6.07) is 0. The Bertz CT molecular complexity index is 66.7. The third kappa shape index (κ3) is 704. The van der Waals surface area contributed by atoms with Gasteiger partial charge in [-0.3, -0.25) is 0 Å². The van der Waals surface area contributed by atoms with Gasteiger partial charge < -0.3 is 81.4 Å². The average molecular weight is 1400 g/mol. The van der Waals surface area contributed by atoms with Gasteiger partial charge in [0.1, 0.15) is 0 Å². The third-order valence-corrected chi connectivity index (χ3v) is 0. The van der Waals surface area contributed by atoms with Crippen LogP contribution < -0.4 is 0 Å². The molecule has 0 aliphatic carbocycles. The van der Waals surface area contributed by atoms with Crippen LogP contribution in [0.5, 0.6) is 0 Å². The Kier molecular flexibility index (Phi) is 20900. The predicted molar refractivity (Wildman–Crippen MR) is 114 cm³/mol. The van der Waals surface area contributed by atoms with Crippen LogP contribution in [-0.4, -0.2) is 142 Å². The summed E-state index contributed by atoms with van der Waals surface area (Å²) in [6.07, 6.45) is 0. The van der Waals surface area contributed by atoms with Crippen molar-refractivity contribution in [3.8, 4) is 0 Å². The second-order valence-electron chi connectivity index (χ2n) is 0. The number of nitrogens with zero attached hydrogens (tertiary/aromatic N) is 7. The molecule has 0 amide bonds. The van der Waals surface area contributed by atoms with Gasteiger partial charge in [0.25, 0.3) is 0 Å². The van der Waals surface area contributed by atoms with Gasteiger partial charge in [-0.15, -0.1) is 0 Å². The zero-order valence-electron chi connectivity index (χ0n) is 11.4. The van der Waals surface area contributed by atoms with Crippen molar-refractivity contribution >= 4 is 142 Å². The van der Waals surface area contributed by atoms with Crippen LogP contribution in [0.25, 0.3) is 43.1 Å². The largest absolute Gasteiger partial charge is 4.00 e. The molecule has 152 valence electrons. The maximum Gasteiger partial charge on any atom is 4.00 e. The molecule has 0 aliphatic heterocycles. The summed E-state index contributed by atoms with van der Waals surface area (Å²) in [7, 11) is 0. The fraction of sp³-hybridized carbons (Fsp3) is 0. The van der Waals surface area contributed by atoms with Crippen molar-refractivity contribution in [3.63, 3.8) is 0 Å². The van der Waals surface area contributed by atoms with Gasteiger partial charge in [0.05, 0.1) is 0 Å². The van der Waals surface area contributed by atoms with Crippen LogP contribution in [0.4, 0.5) is 0 Å². The molecule has 29 heteroatoms. The molecule has 29 heavy (non-hydrogen) atoms. The molecule has 0 saturated carbocycles. The molecule has 0 heterocycles. The van der Waals surface area contributed by atoms with Crippen LogP contribution in [0.3, 0.4) is 0 Å². The normalized spacial score (nSPS) is 0. The van der Waals surface area contributed by atoms with Gasteiger partial charge >= 0.3 is 216 Å². The standard InChI is InChI=1S/5Al.5Hf.7N.7O.5H4Si/h;;;;;;;;;;;;;;;;;;;;;;;;5*1H4/q5*+3;5*+4;7*-3;7*-2;;;;;. The van der Waals surface area contributed by atoms with E-state index in [0.29, 0.717) is 0 Å². The molecule has 0 radical (unpaired) electrons. The first-order valence-electron chi connectivity index (χ1n) is 0. The molecule has 0 fully saturated rings. The van der Waals surface area contributed by atoms with Gasteiger partial charge in [-0.25, -0.2) is 0 Å². The minimum Gasteiger partial charge on any atom is -3.00 e. The SMILES string of the molecule is [Al+3].[Al+3].[Al+3].[Al+3].[Al+3].[Hf+4].[Hf+4].[Hf+4].[Hf+4].[Hf+4].[N-3].[N-3].[N-3].[N-3].[N-3].[N-3].[N-3].[O-2].[O-2].[O-2].[O-2].[O-2].[O-2].[O-2].[SiH4].[SiH4].[SiH4].[SiH4].[SiH4].